The van der Waals surface area contributed by atoms with Gasteiger partial charge in [-0.1, -0.05) is 18.2 Å². The normalized spacial score (nSPS) is 19.6. The van der Waals surface area contributed by atoms with Gasteiger partial charge in [-0.05, 0) is 18.9 Å². The van der Waals surface area contributed by atoms with Gasteiger partial charge in [-0.3, -0.25) is 14.2 Å². The third-order valence-electron chi connectivity index (χ3n) is 6.67. The minimum atomic E-state index is -0.257. The molecule has 6 heterocycles. The standard InChI is InChI=1S/C24H25FN8O/c25-20-4-2-1-3-16(20)13-33-21-9-23(27-10-17(21)11-28-33)29-22-7-8-31(30-22)15-24(34)32-14-18-5-6-19(32)12-26-18/h1-4,7-11,18-19,26H,5-6,12-15H2,(H,27,29,30). The summed E-state index contributed by atoms with van der Waals surface area (Å²) >= 11 is 0. The maximum atomic E-state index is 14.1. The van der Waals surface area contributed by atoms with Crippen molar-refractivity contribution in [3.8, 4) is 0 Å². The monoisotopic (exact) mass is 460 g/mol. The highest BCUT2D eigenvalue weighted by atomic mass is 19.1. The summed E-state index contributed by atoms with van der Waals surface area (Å²) in [5, 5.41) is 16.4. The Kier molecular flexibility index (Phi) is 5.21. The molecule has 3 saturated heterocycles. The molecule has 1 aromatic carbocycles. The molecule has 2 atom stereocenters. The van der Waals surface area contributed by atoms with Crippen molar-refractivity contribution in [1.29, 1.82) is 0 Å². The number of piperazine rings is 1. The van der Waals surface area contributed by atoms with Gasteiger partial charge in [0.05, 0.1) is 18.3 Å². The molecule has 2 unspecified atom stereocenters. The molecule has 2 N–H and O–H groups in total. The highest BCUT2D eigenvalue weighted by Crippen LogP contribution is 2.23. The van der Waals surface area contributed by atoms with Crippen molar-refractivity contribution in [2.24, 2.45) is 0 Å². The first kappa shape index (κ1) is 20.8. The number of benzene rings is 1. The van der Waals surface area contributed by atoms with Gasteiger partial charge in [0.15, 0.2) is 5.82 Å². The second kappa shape index (κ2) is 8.53. The summed E-state index contributed by atoms with van der Waals surface area (Å²) in [7, 11) is 0. The predicted molar refractivity (Wildman–Crippen MR) is 125 cm³/mol. The van der Waals surface area contributed by atoms with Gasteiger partial charge in [-0.15, -0.1) is 0 Å². The van der Waals surface area contributed by atoms with Crippen molar-refractivity contribution in [3.05, 3.63) is 66.4 Å². The van der Waals surface area contributed by atoms with E-state index in [2.05, 4.69) is 25.8 Å². The lowest BCUT2D eigenvalue weighted by atomic mass is 9.93. The minimum absolute atomic E-state index is 0.0995. The molecular weight excluding hydrogens is 435 g/mol. The van der Waals surface area contributed by atoms with Crippen LogP contribution in [0.3, 0.4) is 0 Å². The number of carbonyl (C=O) groups is 1. The molecule has 3 aliphatic heterocycles. The maximum Gasteiger partial charge on any atom is 0.244 e. The van der Waals surface area contributed by atoms with Crippen LogP contribution in [0.4, 0.5) is 16.0 Å². The zero-order valence-electron chi connectivity index (χ0n) is 18.6. The smallest absolute Gasteiger partial charge is 0.244 e. The number of pyridine rings is 1. The summed E-state index contributed by atoms with van der Waals surface area (Å²) in [6.07, 6.45) is 7.44. The lowest BCUT2D eigenvalue weighted by molar-refractivity contribution is -0.138. The molecule has 3 aromatic heterocycles. The Morgan fingerprint density at radius 2 is 2.09 bits per heavy atom. The molecule has 174 valence electrons. The molecule has 9 nitrogen and oxygen atoms in total. The number of halogens is 1. The molecule has 0 radical (unpaired) electrons. The van der Waals surface area contributed by atoms with E-state index in [-0.39, 0.29) is 24.3 Å². The van der Waals surface area contributed by atoms with E-state index in [1.54, 1.807) is 40.1 Å². The number of anilines is 2. The zero-order chi connectivity index (χ0) is 23.1. The lowest BCUT2D eigenvalue weighted by Crippen LogP contribution is -2.62. The summed E-state index contributed by atoms with van der Waals surface area (Å²) < 4.78 is 17.5. The molecule has 7 rings (SSSR count). The van der Waals surface area contributed by atoms with Gasteiger partial charge >= 0.3 is 0 Å². The summed E-state index contributed by atoms with van der Waals surface area (Å²) in [6.45, 7) is 2.20. The summed E-state index contributed by atoms with van der Waals surface area (Å²) in [4.78, 5) is 19.3. The zero-order valence-corrected chi connectivity index (χ0v) is 18.6. The number of hydrogen-bond donors (Lipinski definition) is 2. The van der Waals surface area contributed by atoms with Crippen LogP contribution in [0.5, 0.6) is 0 Å². The number of rotatable bonds is 6. The number of hydrogen-bond acceptors (Lipinski definition) is 6. The van der Waals surface area contributed by atoms with E-state index < -0.39 is 0 Å². The number of nitrogens with zero attached hydrogens (tertiary/aromatic N) is 6. The number of nitrogens with one attached hydrogen (secondary N) is 2. The van der Waals surface area contributed by atoms with Crippen LogP contribution in [0.1, 0.15) is 18.4 Å². The molecule has 3 aliphatic rings. The first-order valence-electron chi connectivity index (χ1n) is 11.5. The fourth-order valence-electron chi connectivity index (χ4n) is 4.85. The van der Waals surface area contributed by atoms with Gasteiger partial charge < -0.3 is 15.5 Å². The number of amides is 1. The van der Waals surface area contributed by atoms with Gasteiger partial charge in [-0.25, -0.2) is 9.37 Å². The van der Waals surface area contributed by atoms with Gasteiger partial charge in [0.1, 0.15) is 18.2 Å². The quantitative estimate of drug-likeness (QED) is 0.459. The second-order valence-corrected chi connectivity index (χ2v) is 8.93. The lowest BCUT2D eigenvalue weighted by Gasteiger charge is -2.45. The molecule has 0 aliphatic carbocycles. The van der Waals surface area contributed by atoms with Crippen molar-refractivity contribution in [2.75, 3.05) is 18.4 Å². The second-order valence-electron chi connectivity index (χ2n) is 8.93. The van der Waals surface area contributed by atoms with Crippen LogP contribution in [-0.4, -0.2) is 60.5 Å². The van der Waals surface area contributed by atoms with Crippen LogP contribution in [0.25, 0.3) is 10.9 Å². The van der Waals surface area contributed by atoms with Gasteiger partial charge in [0, 0.05) is 60.6 Å². The van der Waals surface area contributed by atoms with E-state index in [1.165, 1.54) is 6.07 Å². The molecule has 0 saturated carbocycles. The third kappa shape index (κ3) is 4.01. The van der Waals surface area contributed by atoms with Crippen LogP contribution in [0.2, 0.25) is 0 Å². The van der Waals surface area contributed by atoms with Crippen molar-refractivity contribution < 1.29 is 9.18 Å². The number of piperidine rings is 2. The third-order valence-corrected chi connectivity index (χ3v) is 6.67. The summed E-state index contributed by atoms with van der Waals surface area (Å²) in [6, 6.07) is 11.1. The van der Waals surface area contributed by atoms with E-state index in [0.29, 0.717) is 29.8 Å². The molecule has 2 bridgehead atoms. The Morgan fingerprint density at radius 3 is 2.88 bits per heavy atom. The Balaban J connectivity index is 1.15. The molecule has 3 fully saturated rings. The van der Waals surface area contributed by atoms with Crippen LogP contribution < -0.4 is 10.6 Å². The van der Waals surface area contributed by atoms with Crippen molar-refractivity contribution in [1.82, 2.24) is 34.8 Å². The van der Waals surface area contributed by atoms with Crippen LogP contribution in [0.15, 0.2) is 55.0 Å². The molecule has 34 heavy (non-hydrogen) atoms. The Bertz CT molecular complexity index is 1340. The minimum Gasteiger partial charge on any atom is -0.335 e. The molecule has 4 aromatic rings. The topological polar surface area (TPSA) is 92.9 Å². The highest BCUT2D eigenvalue weighted by molar-refractivity contribution is 5.81. The molecular formula is C24H25FN8O. The van der Waals surface area contributed by atoms with E-state index in [4.69, 9.17) is 0 Å². The predicted octanol–water partition coefficient (Wildman–Crippen LogP) is 2.52. The van der Waals surface area contributed by atoms with Gasteiger partial charge in [0.2, 0.25) is 5.91 Å². The average molecular weight is 461 g/mol. The average Bonchev–Trinajstić information content (AvgIpc) is 3.47. The number of carbonyl (C=O) groups excluding carboxylic acids is 1. The maximum absolute atomic E-state index is 14.1. The van der Waals surface area contributed by atoms with Crippen LogP contribution >= 0.6 is 0 Å². The SMILES string of the molecule is O=C(Cn1ccc(Nc2cc3c(cn2)cnn3Cc2ccccc2F)n1)N1CC2CCC1CN2. The van der Waals surface area contributed by atoms with E-state index in [9.17, 15) is 9.18 Å². The fraction of sp³-hybridized carbons (Fsp3) is 0.333. The van der Waals surface area contributed by atoms with Gasteiger partial charge in [0.25, 0.3) is 0 Å². The first-order valence-corrected chi connectivity index (χ1v) is 11.5. The largest absolute Gasteiger partial charge is 0.335 e. The van der Waals surface area contributed by atoms with Crippen molar-refractivity contribution in [2.45, 2.75) is 38.0 Å². The van der Waals surface area contributed by atoms with Gasteiger partial charge in [-0.2, -0.15) is 10.2 Å². The highest BCUT2D eigenvalue weighted by Gasteiger charge is 2.35. The molecule has 1 amide bonds. The van der Waals surface area contributed by atoms with Crippen LogP contribution in [0, 0.1) is 5.82 Å². The summed E-state index contributed by atoms with van der Waals surface area (Å²) in [5.41, 5.74) is 1.41. The van der Waals surface area contributed by atoms with Crippen molar-refractivity contribution in [3.63, 3.8) is 0 Å². The Labute approximate surface area is 195 Å². The van der Waals surface area contributed by atoms with Crippen molar-refractivity contribution >= 4 is 28.4 Å². The fourth-order valence-corrected chi connectivity index (χ4v) is 4.85. The van der Waals surface area contributed by atoms with E-state index >= 15 is 0 Å². The molecule has 10 heteroatoms. The first-order chi connectivity index (χ1) is 16.6. The number of aromatic nitrogens is 5. The Hall–Kier alpha value is -3.79. The molecule has 0 spiro atoms. The Morgan fingerprint density at radius 1 is 1.18 bits per heavy atom. The number of fused-ring (bicyclic) bond motifs is 4. The summed E-state index contributed by atoms with van der Waals surface area (Å²) in [5.74, 6) is 1.04. The van der Waals surface area contributed by atoms with E-state index in [0.717, 1.165) is 36.8 Å². The van der Waals surface area contributed by atoms with Crippen LogP contribution in [-0.2, 0) is 17.9 Å². The van der Waals surface area contributed by atoms with E-state index in [1.807, 2.05) is 23.1 Å².